The van der Waals surface area contributed by atoms with E-state index in [0.717, 1.165) is 44.0 Å². The van der Waals surface area contributed by atoms with Crippen LogP contribution in [-0.2, 0) is 9.53 Å². The van der Waals surface area contributed by atoms with Gasteiger partial charge in [-0.3, -0.25) is 4.79 Å². The maximum absolute atomic E-state index is 12.5. The van der Waals surface area contributed by atoms with Crippen molar-refractivity contribution in [3.05, 3.63) is 24.3 Å². The summed E-state index contributed by atoms with van der Waals surface area (Å²) in [7, 11) is 0. The lowest BCUT2D eigenvalue weighted by Crippen LogP contribution is -2.52. The van der Waals surface area contributed by atoms with E-state index in [4.69, 9.17) is 10.5 Å². The van der Waals surface area contributed by atoms with Gasteiger partial charge < -0.3 is 20.3 Å². The number of hydrogen-bond acceptors (Lipinski definition) is 4. The number of piperazine rings is 1. The summed E-state index contributed by atoms with van der Waals surface area (Å²) < 4.78 is 5.59. The third kappa shape index (κ3) is 2.97. The maximum Gasteiger partial charge on any atom is 0.252 e. The van der Waals surface area contributed by atoms with E-state index >= 15 is 0 Å². The van der Waals surface area contributed by atoms with Crippen LogP contribution in [0.2, 0.25) is 0 Å². The van der Waals surface area contributed by atoms with Gasteiger partial charge in [0.05, 0.1) is 0 Å². The molecule has 0 aromatic heterocycles. The van der Waals surface area contributed by atoms with Crippen molar-refractivity contribution in [2.45, 2.75) is 19.4 Å². The molecule has 3 rings (SSSR count). The Labute approximate surface area is 125 Å². The molecule has 0 radical (unpaired) electrons. The molecule has 21 heavy (non-hydrogen) atoms. The van der Waals surface area contributed by atoms with Crippen LogP contribution < -0.4 is 10.6 Å². The van der Waals surface area contributed by atoms with Gasteiger partial charge in [-0.05, 0) is 30.5 Å². The Morgan fingerprint density at radius 1 is 1.29 bits per heavy atom. The Bertz CT molecular complexity index is 512. The summed E-state index contributed by atoms with van der Waals surface area (Å²) >= 11 is 0. The molecular weight excluding hydrogens is 266 g/mol. The van der Waals surface area contributed by atoms with Crippen molar-refractivity contribution in [3.63, 3.8) is 0 Å². The molecule has 0 aliphatic carbocycles. The first-order chi connectivity index (χ1) is 10.1. The summed E-state index contributed by atoms with van der Waals surface area (Å²) in [5, 5.41) is 0. The van der Waals surface area contributed by atoms with E-state index in [0.29, 0.717) is 12.5 Å². The average Bonchev–Trinajstić information content (AvgIpc) is 2.93. The van der Waals surface area contributed by atoms with Gasteiger partial charge in [-0.25, -0.2) is 0 Å². The lowest BCUT2D eigenvalue weighted by molar-refractivity contribution is -0.142. The van der Waals surface area contributed by atoms with Crippen molar-refractivity contribution in [2.75, 3.05) is 43.4 Å². The number of carbonyl (C=O) groups is 1. The van der Waals surface area contributed by atoms with Crippen molar-refractivity contribution >= 4 is 17.3 Å². The third-order valence-corrected chi connectivity index (χ3v) is 4.46. The van der Waals surface area contributed by atoms with Gasteiger partial charge in [0.25, 0.3) is 5.91 Å². The Balaban J connectivity index is 1.59. The number of rotatable bonds is 2. The predicted octanol–water partition coefficient (Wildman–Crippen LogP) is 1.34. The highest BCUT2D eigenvalue weighted by molar-refractivity contribution is 5.81. The van der Waals surface area contributed by atoms with E-state index in [9.17, 15) is 4.79 Å². The second kappa shape index (κ2) is 5.93. The lowest BCUT2D eigenvalue weighted by Gasteiger charge is -2.37. The standard InChI is InChI=1S/C16H23N3O2/c1-12-5-10-21-15(12)16(20)19-8-6-18(7-9-19)14-4-2-3-13(17)11-14/h2-4,11-12,15H,5-10,17H2,1H3. The van der Waals surface area contributed by atoms with Gasteiger partial charge in [0, 0.05) is 44.2 Å². The van der Waals surface area contributed by atoms with Crippen molar-refractivity contribution < 1.29 is 9.53 Å². The van der Waals surface area contributed by atoms with Crippen LogP contribution in [0, 0.1) is 5.92 Å². The molecule has 2 heterocycles. The Kier molecular flexibility index (Phi) is 4.01. The van der Waals surface area contributed by atoms with Crippen LogP contribution in [0.25, 0.3) is 0 Å². The molecular formula is C16H23N3O2. The molecule has 1 aromatic carbocycles. The number of nitrogens with zero attached hydrogens (tertiary/aromatic N) is 2. The van der Waals surface area contributed by atoms with Crippen LogP contribution in [0.15, 0.2) is 24.3 Å². The molecule has 2 unspecified atom stereocenters. The van der Waals surface area contributed by atoms with E-state index in [2.05, 4.69) is 17.9 Å². The van der Waals surface area contributed by atoms with Gasteiger partial charge in [0.15, 0.2) is 0 Å². The second-order valence-electron chi connectivity index (χ2n) is 5.96. The SMILES string of the molecule is CC1CCOC1C(=O)N1CCN(c2cccc(N)c2)CC1. The summed E-state index contributed by atoms with van der Waals surface area (Å²) in [4.78, 5) is 16.7. The number of anilines is 2. The quantitative estimate of drug-likeness (QED) is 0.835. The van der Waals surface area contributed by atoms with Crippen molar-refractivity contribution in [1.82, 2.24) is 4.90 Å². The maximum atomic E-state index is 12.5. The average molecular weight is 289 g/mol. The molecule has 114 valence electrons. The first kappa shape index (κ1) is 14.2. The first-order valence-corrected chi connectivity index (χ1v) is 7.66. The fraction of sp³-hybridized carbons (Fsp3) is 0.562. The Morgan fingerprint density at radius 2 is 2.05 bits per heavy atom. The number of carbonyl (C=O) groups excluding carboxylic acids is 1. The van der Waals surface area contributed by atoms with Gasteiger partial charge in [-0.1, -0.05) is 13.0 Å². The largest absolute Gasteiger partial charge is 0.399 e. The molecule has 0 saturated carbocycles. The highest BCUT2D eigenvalue weighted by Gasteiger charge is 2.35. The number of amides is 1. The number of benzene rings is 1. The van der Waals surface area contributed by atoms with Crippen LogP contribution in [-0.4, -0.2) is 49.7 Å². The summed E-state index contributed by atoms with van der Waals surface area (Å²) in [6.07, 6.45) is 0.753. The zero-order chi connectivity index (χ0) is 14.8. The molecule has 0 bridgehead atoms. The van der Waals surface area contributed by atoms with Crippen molar-refractivity contribution in [3.8, 4) is 0 Å². The van der Waals surface area contributed by atoms with Gasteiger partial charge in [-0.15, -0.1) is 0 Å². The molecule has 2 aliphatic heterocycles. The monoisotopic (exact) mass is 289 g/mol. The third-order valence-electron chi connectivity index (χ3n) is 4.46. The zero-order valence-electron chi connectivity index (χ0n) is 12.5. The topological polar surface area (TPSA) is 58.8 Å². The van der Waals surface area contributed by atoms with Gasteiger partial charge >= 0.3 is 0 Å². The number of nitrogen functional groups attached to an aromatic ring is 1. The van der Waals surface area contributed by atoms with E-state index in [1.165, 1.54) is 0 Å². The van der Waals surface area contributed by atoms with Crippen LogP contribution in [0.4, 0.5) is 11.4 Å². The zero-order valence-corrected chi connectivity index (χ0v) is 12.5. The smallest absolute Gasteiger partial charge is 0.252 e. The molecule has 5 heteroatoms. The van der Waals surface area contributed by atoms with Crippen LogP contribution in [0.1, 0.15) is 13.3 Å². The predicted molar refractivity (Wildman–Crippen MR) is 83.2 cm³/mol. The number of hydrogen-bond donors (Lipinski definition) is 1. The molecule has 2 aliphatic rings. The van der Waals surface area contributed by atoms with Gasteiger partial charge in [0.1, 0.15) is 6.10 Å². The summed E-state index contributed by atoms with van der Waals surface area (Å²) in [6.45, 7) is 5.99. The van der Waals surface area contributed by atoms with Gasteiger partial charge in [-0.2, -0.15) is 0 Å². The molecule has 2 N–H and O–H groups in total. The molecule has 0 spiro atoms. The summed E-state index contributed by atoms with van der Waals surface area (Å²) in [6, 6.07) is 7.91. The summed E-state index contributed by atoms with van der Waals surface area (Å²) in [5.41, 5.74) is 7.74. The molecule has 1 aromatic rings. The fourth-order valence-corrected chi connectivity index (χ4v) is 3.10. The van der Waals surface area contributed by atoms with Crippen molar-refractivity contribution in [1.29, 1.82) is 0 Å². The lowest BCUT2D eigenvalue weighted by atomic mass is 10.0. The molecule has 2 atom stereocenters. The molecule has 2 saturated heterocycles. The van der Waals surface area contributed by atoms with Crippen LogP contribution in [0.5, 0.6) is 0 Å². The van der Waals surface area contributed by atoms with Gasteiger partial charge in [0.2, 0.25) is 0 Å². The van der Waals surface area contributed by atoms with E-state index < -0.39 is 0 Å². The molecule has 1 amide bonds. The summed E-state index contributed by atoms with van der Waals surface area (Å²) in [5.74, 6) is 0.497. The highest BCUT2D eigenvalue weighted by Crippen LogP contribution is 2.24. The van der Waals surface area contributed by atoms with Crippen molar-refractivity contribution in [2.24, 2.45) is 5.92 Å². The minimum absolute atomic E-state index is 0.159. The van der Waals surface area contributed by atoms with Crippen LogP contribution in [0.3, 0.4) is 0 Å². The van der Waals surface area contributed by atoms with E-state index in [1.807, 2.05) is 23.1 Å². The normalized spacial score (nSPS) is 26.1. The van der Waals surface area contributed by atoms with E-state index in [-0.39, 0.29) is 12.0 Å². The molecule has 5 nitrogen and oxygen atoms in total. The minimum atomic E-state index is -0.232. The van der Waals surface area contributed by atoms with Crippen LogP contribution >= 0.6 is 0 Å². The number of nitrogens with two attached hydrogens (primary N) is 1. The fourth-order valence-electron chi connectivity index (χ4n) is 3.10. The Hall–Kier alpha value is -1.75. The highest BCUT2D eigenvalue weighted by atomic mass is 16.5. The molecule has 2 fully saturated rings. The van der Waals surface area contributed by atoms with E-state index in [1.54, 1.807) is 0 Å². The first-order valence-electron chi connectivity index (χ1n) is 7.66. The minimum Gasteiger partial charge on any atom is -0.399 e. The second-order valence-corrected chi connectivity index (χ2v) is 5.96. The Morgan fingerprint density at radius 3 is 2.67 bits per heavy atom. The number of ether oxygens (including phenoxy) is 1.